The summed E-state index contributed by atoms with van der Waals surface area (Å²) in [5, 5.41) is 13.3. The highest BCUT2D eigenvalue weighted by Crippen LogP contribution is 2.19. The summed E-state index contributed by atoms with van der Waals surface area (Å²) in [6, 6.07) is 12.5. The lowest BCUT2D eigenvalue weighted by atomic mass is 10.2. The van der Waals surface area contributed by atoms with Crippen LogP contribution in [0.1, 0.15) is 11.1 Å². The van der Waals surface area contributed by atoms with E-state index in [1.54, 1.807) is 24.3 Å². The van der Waals surface area contributed by atoms with E-state index in [9.17, 15) is 9.90 Å². The number of nitrogens with one attached hydrogen (secondary N) is 1. The minimum atomic E-state index is -0.341. The first-order chi connectivity index (χ1) is 10.5. The van der Waals surface area contributed by atoms with Crippen molar-refractivity contribution in [2.45, 2.75) is 6.92 Å². The van der Waals surface area contributed by atoms with Gasteiger partial charge in [-0.3, -0.25) is 4.79 Å². The number of benzene rings is 2. The Kier molecular flexibility index (Phi) is 5.76. The van der Waals surface area contributed by atoms with Crippen LogP contribution in [-0.2, 0) is 4.79 Å². The first kappa shape index (κ1) is 16.3. The van der Waals surface area contributed by atoms with Gasteiger partial charge in [0.25, 0.3) is 5.91 Å². The molecule has 2 N–H and O–H groups in total. The standard InChI is InChI=1S/C16H15IN2O3/c1-11-3-2-4-13(7-11)22-10-16(21)19-18-9-12-5-6-15(20)14(17)8-12/h2-9,20H,10H2,1H3,(H,19,21). The molecule has 1 amide bonds. The number of nitrogens with zero attached hydrogens (tertiary/aromatic N) is 1. The fourth-order valence-electron chi connectivity index (χ4n) is 1.67. The maximum Gasteiger partial charge on any atom is 0.277 e. The van der Waals surface area contributed by atoms with E-state index >= 15 is 0 Å². The molecule has 0 spiro atoms. The third-order valence-corrected chi connectivity index (χ3v) is 3.60. The van der Waals surface area contributed by atoms with Crippen LogP contribution in [0.2, 0.25) is 0 Å². The zero-order chi connectivity index (χ0) is 15.9. The van der Waals surface area contributed by atoms with Gasteiger partial charge in [-0.15, -0.1) is 0 Å². The van der Waals surface area contributed by atoms with Crippen molar-refractivity contribution in [3.05, 3.63) is 57.2 Å². The number of halogens is 1. The van der Waals surface area contributed by atoms with Crippen LogP contribution in [0, 0.1) is 10.5 Å². The van der Waals surface area contributed by atoms with Crippen LogP contribution in [0.4, 0.5) is 0 Å². The van der Waals surface area contributed by atoms with Crippen molar-refractivity contribution in [1.29, 1.82) is 0 Å². The second-order valence-electron chi connectivity index (χ2n) is 4.61. The first-order valence-corrected chi connectivity index (χ1v) is 7.62. The highest BCUT2D eigenvalue weighted by molar-refractivity contribution is 14.1. The molecule has 0 aromatic heterocycles. The van der Waals surface area contributed by atoms with Crippen molar-refractivity contribution in [2.24, 2.45) is 5.10 Å². The van der Waals surface area contributed by atoms with E-state index in [2.05, 4.69) is 10.5 Å². The van der Waals surface area contributed by atoms with E-state index in [1.807, 2.05) is 47.7 Å². The number of phenolic OH excluding ortho intramolecular Hbond substituents is 1. The Morgan fingerprint density at radius 2 is 2.18 bits per heavy atom. The molecule has 0 unspecified atom stereocenters. The molecule has 0 heterocycles. The lowest BCUT2D eigenvalue weighted by molar-refractivity contribution is -0.123. The molecule has 114 valence electrons. The SMILES string of the molecule is Cc1cccc(OCC(=O)NN=Cc2ccc(O)c(I)c2)c1. The topological polar surface area (TPSA) is 70.9 Å². The first-order valence-electron chi connectivity index (χ1n) is 6.54. The zero-order valence-electron chi connectivity index (χ0n) is 11.9. The minimum absolute atomic E-state index is 0.103. The maximum atomic E-state index is 11.6. The Morgan fingerprint density at radius 3 is 2.91 bits per heavy atom. The van der Waals surface area contributed by atoms with E-state index in [-0.39, 0.29) is 18.3 Å². The van der Waals surface area contributed by atoms with Crippen LogP contribution >= 0.6 is 22.6 Å². The quantitative estimate of drug-likeness (QED) is 0.453. The average Bonchev–Trinajstić information content (AvgIpc) is 2.49. The van der Waals surface area contributed by atoms with Crippen molar-refractivity contribution in [3.63, 3.8) is 0 Å². The molecular weight excluding hydrogens is 395 g/mol. The number of rotatable bonds is 5. The Hall–Kier alpha value is -2.09. The van der Waals surface area contributed by atoms with Gasteiger partial charge in [-0.1, -0.05) is 12.1 Å². The van der Waals surface area contributed by atoms with Crippen LogP contribution in [0.3, 0.4) is 0 Å². The summed E-state index contributed by atoms with van der Waals surface area (Å²) in [7, 11) is 0. The second kappa shape index (κ2) is 7.79. The second-order valence-corrected chi connectivity index (χ2v) is 5.77. The number of amides is 1. The lowest BCUT2D eigenvalue weighted by Crippen LogP contribution is -2.24. The molecule has 0 saturated carbocycles. The van der Waals surface area contributed by atoms with Crippen molar-refractivity contribution >= 4 is 34.7 Å². The van der Waals surface area contributed by atoms with Crippen molar-refractivity contribution in [3.8, 4) is 11.5 Å². The molecule has 0 fully saturated rings. The Bertz CT molecular complexity index is 702. The van der Waals surface area contributed by atoms with Gasteiger partial charge in [0.2, 0.25) is 0 Å². The molecule has 5 nitrogen and oxygen atoms in total. The van der Waals surface area contributed by atoms with Crippen LogP contribution in [0.5, 0.6) is 11.5 Å². The number of hydrogen-bond donors (Lipinski definition) is 2. The van der Waals surface area contributed by atoms with Crippen LogP contribution < -0.4 is 10.2 Å². The van der Waals surface area contributed by atoms with Crippen molar-refractivity contribution in [1.82, 2.24) is 5.43 Å². The summed E-state index contributed by atoms with van der Waals surface area (Å²) in [6.45, 7) is 1.85. The number of aryl methyl sites for hydroxylation is 1. The number of ether oxygens (including phenoxy) is 1. The Balaban J connectivity index is 1.82. The number of phenols is 1. The maximum absolute atomic E-state index is 11.6. The normalized spacial score (nSPS) is 10.6. The Labute approximate surface area is 142 Å². The number of carbonyl (C=O) groups is 1. The average molecular weight is 410 g/mol. The molecule has 2 aromatic rings. The predicted octanol–water partition coefficient (Wildman–Crippen LogP) is 2.83. The van der Waals surface area contributed by atoms with E-state index in [0.717, 1.165) is 14.7 Å². The van der Waals surface area contributed by atoms with Gasteiger partial charge in [0.15, 0.2) is 6.61 Å². The predicted molar refractivity (Wildman–Crippen MR) is 93.2 cm³/mol. The van der Waals surface area contributed by atoms with E-state index < -0.39 is 0 Å². The van der Waals surface area contributed by atoms with Gasteiger partial charge >= 0.3 is 0 Å². The van der Waals surface area contributed by atoms with Crippen LogP contribution in [-0.4, -0.2) is 23.8 Å². The molecule has 0 aliphatic carbocycles. The molecule has 0 bridgehead atoms. The summed E-state index contributed by atoms with van der Waals surface area (Å²) < 4.78 is 6.08. The van der Waals surface area contributed by atoms with Gasteiger partial charge in [-0.05, 0) is 71.0 Å². The fourth-order valence-corrected chi connectivity index (χ4v) is 2.21. The van der Waals surface area contributed by atoms with E-state index in [0.29, 0.717) is 5.75 Å². The molecule has 0 radical (unpaired) electrons. The summed E-state index contributed by atoms with van der Waals surface area (Å²) >= 11 is 2.02. The zero-order valence-corrected chi connectivity index (χ0v) is 14.1. The summed E-state index contributed by atoms with van der Waals surface area (Å²) in [5.74, 6) is 0.520. The van der Waals surface area contributed by atoms with Crippen molar-refractivity contribution < 1.29 is 14.6 Å². The fraction of sp³-hybridized carbons (Fsp3) is 0.125. The van der Waals surface area contributed by atoms with Crippen LogP contribution in [0.15, 0.2) is 47.6 Å². The molecule has 2 rings (SSSR count). The molecule has 0 aliphatic rings. The van der Waals surface area contributed by atoms with Gasteiger partial charge in [-0.2, -0.15) is 5.10 Å². The number of aromatic hydroxyl groups is 1. The molecule has 0 atom stereocenters. The van der Waals surface area contributed by atoms with Crippen molar-refractivity contribution in [2.75, 3.05) is 6.61 Å². The summed E-state index contributed by atoms with van der Waals surface area (Å²) in [5.41, 5.74) is 4.24. The Morgan fingerprint density at radius 1 is 1.36 bits per heavy atom. The van der Waals surface area contributed by atoms with E-state index in [4.69, 9.17) is 4.74 Å². The van der Waals surface area contributed by atoms with Crippen LogP contribution in [0.25, 0.3) is 0 Å². The molecule has 0 aliphatic heterocycles. The van der Waals surface area contributed by atoms with Gasteiger partial charge in [0, 0.05) is 0 Å². The molecule has 22 heavy (non-hydrogen) atoms. The number of carbonyl (C=O) groups excluding carboxylic acids is 1. The van der Waals surface area contributed by atoms with Gasteiger partial charge in [-0.25, -0.2) is 5.43 Å². The molecular formula is C16H15IN2O3. The number of hydrazone groups is 1. The lowest BCUT2D eigenvalue weighted by Gasteiger charge is -2.05. The highest BCUT2D eigenvalue weighted by Gasteiger charge is 2.02. The van der Waals surface area contributed by atoms with Gasteiger partial charge in [0.1, 0.15) is 11.5 Å². The largest absolute Gasteiger partial charge is 0.507 e. The summed E-state index contributed by atoms with van der Waals surface area (Å²) in [4.78, 5) is 11.6. The number of hydrogen-bond acceptors (Lipinski definition) is 4. The van der Waals surface area contributed by atoms with Gasteiger partial charge in [0.05, 0.1) is 9.78 Å². The molecule has 0 saturated heterocycles. The minimum Gasteiger partial charge on any atom is -0.507 e. The molecule has 2 aromatic carbocycles. The monoisotopic (exact) mass is 410 g/mol. The van der Waals surface area contributed by atoms with Gasteiger partial charge < -0.3 is 9.84 Å². The smallest absolute Gasteiger partial charge is 0.277 e. The molecule has 6 heteroatoms. The highest BCUT2D eigenvalue weighted by atomic mass is 127. The third-order valence-electron chi connectivity index (χ3n) is 2.73. The third kappa shape index (κ3) is 5.03. The summed E-state index contributed by atoms with van der Waals surface area (Å²) in [6.07, 6.45) is 1.51. The van der Waals surface area contributed by atoms with E-state index in [1.165, 1.54) is 6.21 Å².